The zero-order valence-electron chi connectivity index (χ0n) is 11.3. The van der Waals surface area contributed by atoms with Crippen molar-refractivity contribution in [3.8, 4) is 0 Å². The Labute approximate surface area is 113 Å². The topological polar surface area (TPSA) is 50.6 Å². The van der Waals surface area contributed by atoms with E-state index in [0.29, 0.717) is 26.3 Å². The fourth-order valence-electron chi connectivity index (χ4n) is 2.73. The van der Waals surface area contributed by atoms with Gasteiger partial charge in [0.2, 0.25) is 5.91 Å². The minimum absolute atomic E-state index is 0.0800. The Kier molecular flexibility index (Phi) is 3.52. The number of hydrogen-bond acceptors (Lipinski definition) is 4. The van der Waals surface area contributed by atoms with Crippen molar-refractivity contribution in [2.24, 2.45) is 0 Å². The number of carbonyl (C=O) groups excluding carboxylic acids is 1. The number of fused-ring (bicyclic) bond motifs is 1. The highest BCUT2D eigenvalue weighted by Crippen LogP contribution is 2.15. The van der Waals surface area contributed by atoms with Gasteiger partial charge in [0.25, 0.3) is 0 Å². The third kappa shape index (κ3) is 2.50. The van der Waals surface area contributed by atoms with Gasteiger partial charge in [-0.05, 0) is 6.92 Å². The molecular weight excluding hydrogens is 244 g/mol. The van der Waals surface area contributed by atoms with Crippen LogP contribution >= 0.6 is 0 Å². The fourth-order valence-corrected chi connectivity index (χ4v) is 2.73. The molecule has 2 aliphatic heterocycles. The molecule has 0 spiro atoms. The molecule has 1 fully saturated rings. The largest absolute Gasteiger partial charge is 0.378 e. The molecule has 1 amide bonds. The molecule has 2 aliphatic rings. The van der Waals surface area contributed by atoms with E-state index in [2.05, 4.69) is 14.5 Å². The van der Waals surface area contributed by atoms with Crippen LogP contribution in [-0.2, 0) is 22.6 Å². The summed E-state index contributed by atoms with van der Waals surface area (Å²) in [6.07, 6.45) is 3.83. The first-order chi connectivity index (χ1) is 9.25. The molecule has 6 heteroatoms. The van der Waals surface area contributed by atoms with Gasteiger partial charge in [0.05, 0.1) is 25.8 Å². The Morgan fingerprint density at radius 1 is 1.32 bits per heavy atom. The van der Waals surface area contributed by atoms with E-state index >= 15 is 0 Å². The zero-order chi connectivity index (χ0) is 13.2. The molecule has 6 nitrogen and oxygen atoms in total. The van der Waals surface area contributed by atoms with Crippen LogP contribution in [0.25, 0.3) is 0 Å². The van der Waals surface area contributed by atoms with E-state index in [4.69, 9.17) is 4.74 Å². The summed E-state index contributed by atoms with van der Waals surface area (Å²) < 4.78 is 7.45. The molecule has 0 aromatic carbocycles. The van der Waals surface area contributed by atoms with Crippen molar-refractivity contribution in [1.82, 2.24) is 19.4 Å². The number of ether oxygens (including phenoxy) is 1. The van der Waals surface area contributed by atoms with Crippen LogP contribution in [0.1, 0.15) is 12.7 Å². The third-order valence-corrected chi connectivity index (χ3v) is 4.00. The minimum atomic E-state index is -0.0800. The highest BCUT2D eigenvalue weighted by molar-refractivity contribution is 5.81. The average molecular weight is 264 g/mol. The summed E-state index contributed by atoms with van der Waals surface area (Å²) in [5.41, 5.74) is 0. The normalized spacial score (nSPS) is 22.1. The van der Waals surface area contributed by atoms with Gasteiger partial charge >= 0.3 is 0 Å². The Bertz CT molecular complexity index is 453. The lowest BCUT2D eigenvalue weighted by atomic mass is 10.2. The van der Waals surface area contributed by atoms with Crippen LogP contribution in [0.5, 0.6) is 0 Å². The van der Waals surface area contributed by atoms with Gasteiger partial charge in [-0.25, -0.2) is 4.98 Å². The Morgan fingerprint density at radius 3 is 2.89 bits per heavy atom. The van der Waals surface area contributed by atoms with E-state index in [0.717, 1.165) is 25.5 Å². The number of carbonyl (C=O) groups is 1. The number of imidazole rings is 1. The maximum atomic E-state index is 12.4. The Hall–Kier alpha value is -1.40. The van der Waals surface area contributed by atoms with Gasteiger partial charge in [-0.1, -0.05) is 0 Å². The van der Waals surface area contributed by atoms with Crippen LogP contribution < -0.4 is 0 Å². The van der Waals surface area contributed by atoms with Crippen molar-refractivity contribution in [3.63, 3.8) is 0 Å². The number of amides is 1. The maximum absolute atomic E-state index is 12.4. The summed E-state index contributed by atoms with van der Waals surface area (Å²) in [7, 11) is 0. The zero-order valence-corrected chi connectivity index (χ0v) is 11.3. The first-order valence-corrected chi connectivity index (χ1v) is 6.86. The third-order valence-electron chi connectivity index (χ3n) is 4.00. The molecule has 0 unspecified atom stereocenters. The summed E-state index contributed by atoms with van der Waals surface area (Å²) in [6, 6.07) is -0.0800. The van der Waals surface area contributed by atoms with Crippen LogP contribution in [0, 0.1) is 0 Å². The second kappa shape index (κ2) is 5.30. The molecule has 0 bridgehead atoms. The highest BCUT2D eigenvalue weighted by atomic mass is 16.5. The van der Waals surface area contributed by atoms with Gasteiger partial charge in [0.1, 0.15) is 5.82 Å². The van der Waals surface area contributed by atoms with Gasteiger partial charge in [0, 0.05) is 38.6 Å². The van der Waals surface area contributed by atoms with Crippen molar-refractivity contribution in [2.45, 2.75) is 26.1 Å². The number of aromatic nitrogens is 2. The monoisotopic (exact) mass is 264 g/mol. The molecule has 0 aliphatic carbocycles. The molecule has 0 saturated carbocycles. The van der Waals surface area contributed by atoms with Gasteiger partial charge in [-0.2, -0.15) is 0 Å². The second-order valence-electron chi connectivity index (χ2n) is 5.12. The molecule has 0 N–H and O–H groups in total. The molecule has 1 aromatic rings. The smallest absolute Gasteiger partial charge is 0.239 e. The van der Waals surface area contributed by atoms with Gasteiger partial charge in [0.15, 0.2) is 0 Å². The minimum Gasteiger partial charge on any atom is -0.378 e. The van der Waals surface area contributed by atoms with E-state index in [1.165, 1.54) is 0 Å². The maximum Gasteiger partial charge on any atom is 0.239 e. The van der Waals surface area contributed by atoms with E-state index < -0.39 is 0 Å². The first kappa shape index (κ1) is 12.6. The SMILES string of the molecule is C[C@@H](C(=O)N1CCOCC1)N1CCn2ccnc2C1. The predicted octanol–water partition coefficient (Wildman–Crippen LogP) is -0.0540. The predicted molar refractivity (Wildman–Crippen MR) is 69.5 cm³/mol. The van der Waals surface area contributed by atoms with Gasteiger partial charge < -0.3 is 14.2 Å². The van der Waals surface area contributed by atoms with Crippen molar-refractivity contribution < 1.29 is 9.53 Å². The van der Waals surface area contributed by atoms with Crippen molar-refractivity contribution in [1.29, 1.82) is 0 Å². The fraction of sp³-hybridized carbons (Fsp3) is 0.692. The number of hydrogen-bond donors (Lipinski definition) is 0. The second-order valence-corrected chi connectivity index (χ2v) is 5.12. The molecule has 1 saturated heterocycles. The van der Waals surface area contributed by atoms with E-state index in [-0.39, 0.29) is 11.9 Å². The van der Waals surface area contributed by atoms with Gasteiger partial charge in [-0.3, -0.25) is 9.69 Å². The first-order valence-electron chi connectivity index (χ1n) is 6.86. The number of morpholine rings is 1. The van der Waals surface area contributed by atoms with Gasteiger partial charge in [-0.15, -0.1) is 0 Å². The summed E-state index contributed by atoms with van der Waals surface area (Å²) in [4.78, 5) is 20.9. The molecular formula is C13H20N4O2. The average Bonchev–Trinajstić information content (AvgIpc) is 2.94. The van der Waals surface area contributed by atoms with Crippen LogP contribution in [0.3, 0.4) is 0 Å². The lowest BCUT2D eigenvalue weighted by Crippen LogP contribution is -2.52. The Balaban J connectivity index is 1.64. The lowest BCUT2D eigenvalue weighted by molar-refractivity contribution is -0.141. The lowest BCUT2D eigenvalue weighted by Gasteiger charge is -2.36. The molecule has 3 heterocycles. The number of nitrogens with zero attached hydrogens (tertiary/aromatic N) is 4. The summed E-state index contributed by atoms with van der Waals surface area (Å²) in [6.45, 7) is 7.31. The van der Waals surface area contributed by atoms with E-state index in [1.54, 1.807) is 0 Å². The van der Waals surface area contributed by atoms with Crippen LogP contribution in [0.4, 0.5) is 0 Å². The molecule has 3 rings (SSSR count). The molecule has 0 radical (unpaired) electrons. The molecule has 104 valence electrons. The van der Waals surface area contributed by atoms with Crippen LogP contribution in [-0.4, -0.2) is 64.1 Å². The summed E-state index contributed by atoms with van der Waals surface area (Å²) in [5, 5.41) is 0. The molecule has 1 atom stereocenters. The van der Waals surface area contributed by atoms with Crippen molar-refractivity contribution in [3.05, 3.63) is 18.2 Å². The van der Waals surface area contributed by atoms with E-state index in [9.17, 15) is 4.79 Å². The quantitative estimate of drug-likeness (QED) is 0.751. The van der Waals surface area contributed by atoms with Crippen molar-refractivity contribution in [2.75, 3.05) is 32.8 Å². The molecule has 19 heavy (non-hydrogen) atoms. The van der Waals surface area contributed by atoms with E-state index in [1.807, 2.05) is 24.2 Å². The highest BCUT2D eigenvalue weighted by Gasteiger charge is 2.29. The summed E-state index contributed by atoms with van der Waals surface area (Å²) >= 11 is 0. The molecule has 1 aromatic heterocycles. The van der Waals surface area contributed by atoms with Crippen molar-refractivity contribution >= 4 is 5.91 Å². The standard InChI is InChI=1S/C13H20N4O2/c1-11(13(18)16-6-8-19-9-7-16)17-5-4-15-3-2-14-12(15)10-17/h2-3,11H,4-10H2,1H3/t11-/m0/s1. The van der Waals surface area contributed by atoms with Crippen LogP contribution in [0.15, 0.2) is 12.4 Å². The number of rotatable bonds is 2. The summed E-state index contributed by atoms with van der Waals surface area (Å²) in [5.74, 6) is 1.26. The van der Waals surface area contributed by atoms with Crippen LogP contribution in [0.2, 0.25) is 0 Å². The Morgan fingerprint density at radius 2 is 2.11 bits per heavy atom.